The predicted molar refractivity (Wildman–Crippen MR) is 112 cm³/mol. The summed E-state index contributed by atoms with van der Waals surface area (Å²) in [4.78, 5) is 8.99. The summed E-state index contributed by atoms with van der Waals surface area (Å²) in [6.07, 6.45) is 10.1. The molecule has 4 rings (SSSR count). The molecular weight excluding hydrogens is 328 g/mol. The van der Waals surface area contributed by atoms with Gasteiger partial charge >= 0.3 is 0 Å². The summed E-state index contributed by atoms with van der Waals surface area (Å²) in [7, 11) is 0. The lowest BCUT2D eigenvalue weighted by Gasteiger charge is -2.26. The van der Waals surface area contributed by atoms with Crippen molar-refractivity contribution in [1.82, 2.24) is 9.97 Å². The van der Waals surface area contributed by atoms with Crippen LogP contribution in [0.1, 0.15) is 61.0 Å². The molecule has 27 heavy (non-hydrogen) atoms. The quantitative estimate of drug-likeness (QED) is 0.545. The number of rotatable bonds is 4. The molecule has 0 saturated heterocycles. The van der Waals surface area contributed by atoms with Crippen LogP contribution in [0.25, 0.3) is 11.1 Å². The Kier molecular flexibility index (Phi) is 5.33. The van der Waals surface area contributed by atoms with Crippen molar-refractivity contribution in [3.63, 3.8) is 0 Å². The SMILES string of the molecule is Cc1ccc(-c2ccnc(Cc3ccc(C4CCC(C)CC4)cc3)c2)cn1. The molecule has 0 unspecified atom stereocenters. The minimum Gasteiger partial charge on any atom is -0.261 e. The van der Waals surface area contributed by atoms with E-state index >= 15 is 0 Å². The van der Waals surface area contributed by atoms with Crippen molar-refractivity contribution >= 4 is 0 Å². The molecule has 1 aliphatic carbocycles. The van der Waals surface area contributed by atoms with E-state index in [1.165, 1.54) is 42.4 Å². The molecule has 2 nitrogen and oxygen atoms in total. The van der Waals surface area contributed by atoms with Crippen molar-refractivity contribution in [2.75, 3.05) is 0 Å². The van der Waals surface area contributed by atoms with Gasteiger partial charge in [0.15, 0.2) is 0 Å². The van der Waals surface area contributed by atoms with E-state index in [-0.39, 0.29) is 0 Å². The molecule has 0 amide bonds. The Morgan fingerprint density at radius 2 is 1.63 bits per heavy atom. The van der Waals surface area contributed by atoms with Gasteiger partial charge in [-0.15, -0.1) is 0 Å². The van der Waals surface area contributed by atoms with E-state index in [0.29, 0.717) is 0 Å². The van der Waals surface area contributed by atoms with Crippen molar-refractivity contribution in [3.05, 3.63) is 83.4 Å². The van der Waals surface area contributed by atoms with E-state index in [2.05, 4.69) is 65.4 Å². The van der Waals surface area contributed by atoms with Gasteiger partial charge in [-0.25, -0.2) is 0 Å². The van der Waals surface area contributed by atoms with Crippen molar-refractivity contribution in [2.24, 2.45) is 5.92 Å². The molecule has 2 heteroatoms. The van der Waals surface area contributed by atoms with Crippen LogP contribution >= 0.6 is 0 Å². The molecule has 0 radical (unpaired) electrons. The number of hydrogen-bond acceptors (Lipinski definition) is 2. The standard InChI is InChI=1S/C25H28N2/c1-18-3-8-21(9-4-18)22-11-6-20(7-12-22)15-25-16-23(13-14-26-25)24-10-5-19(2)27-17-24/h5-7,10-14,16-18,21H,3-4,8-9,15H2,1-2H3. The molecular formula is C25H28N2. The van der Waals surface area contributed by atoms with Gasteiger partial charge < -0.3 is 0 Å². The molecule has 0 spiro atoms. The highest BCUT2D eigenvalue weighted by Crippen LogP contribution is 2.35. The second-order valence-electron chi connectivity index (χ2n) is 8.10. The molecule has 0 N–H and O–H groups in total. The van der Waals surface area contributed by atoms with Crippen LogP contribution in [0.5, 0.6) is 0 Å². The van der Waals surface area contributed by atoms with Gasteiger partial charge in [0.25, 0.3) is 0 Å². The van der Waals surface area contributed by atoms with Crippen molar-refractivity contribution < 1.29 is 0 Å². The third-order valence-corrected chi connectivity index (χ3v) is 5.91. The first-order valence-corrected chi connectivity index (χ1v) is 10.1. The van der Waals surface area contributed by atoms with E-state index in [1.54, 1.807) is 0 Å². The fourth-order valence-electron chi connectivity index (χ4n) is 4.10. The van der Waals surface area contributed by atoms with Gasteiger partial charge in [-0.05, 0) is 66.5 Å². The molecule has 3 aromatic rings. The van der Waals surface area contributed by atoms with Gasteiger partial charge in [0, 0.05) is 35.8 Å². The minimum atomic E-state index is 0.755. The monoisotopic (exact) mass is 356 g/mol. The number of aromatic nitrogens is 2. The van der Waals surface area contributed by atoms with E-state index in [1.807, 2.05) is 19.3 Å². The van der Waals surface area contributed by atoms with Crippen molar-refractivity contribution in [1.29, 1.82) is 0 Å². The maximum Gasteiger partial charge on any atom is 0.0453 e. The van der Waals surface area contributed by atoms with Crippen LogP contribution in [0.3, 0.4) is 0 Å². The summed E-state index contributed by atoms with van der Waals surface area (Å²) in [5.41, 5.74) is 7.31. The lowest BCUT2D eigenvalue weighted by molar-refractivity contribution is 0.348. The smallest absolute Gasteiger partial charge is 0.0453 e. The fourth-order valence-corrected chi connectivity index (χ4v) is 4.10. The molecule has 0 bridgehead atoms. The predicted octanol–water partition coefficient (Wildman–Crippen LogP) is 6.34. The Morgan fingerprint density at radius 1 is 0.852 bits per heavy atom. The van der Waals surface area contributed by atoms with Gasteiger partial charge in [0.05, 0.1) is 0 Å². The largest absolute Gasteiger partial charge is 0.261 e. The van der Waals surface area contributed by atoms with Gasteiger partial charge in [-0.2, -0.15) is 0 Å². The topological polar surface area (TPSA) is 25.8 Å². The van der Waals surface area contributed by atoms with E-state index < -0.39 is 0 Å². The van der Waals surface area contributed by atoms with Gasteiger partial charge in [0.2, 0.25) is 0 Å². The highest BCUT2D eigenvalue weighted by Gasteiger charge is 2.19. The summed E-state index contributed by atoms with van der Waals surface area (Å²) < 4.78 is 0. The summed E-state index contributed by atoms with van der Waals surface area (Å²) in [5, 5.41) is 0. The molecule has 0 aliphatic heterocycles. The summed E-state index contributed by atoms with van der Waals surface area (Å²) in [6, 6.07) is 17.7. The van der Waals surface area contributed by atoms with Crippen LogP contribution in [0.4, 0.5) is 0 Å². The molecule has 1 fully saturated rings. The van der Waals surface area contributed by atoms with Crippen LogP contribution in [0, 0.1) is 12.8 Å². The number of nitrogens with zero attached hydrogens (tertiary/aromatic N) is 2. The summed E-state index contributed by atoms with van der Waals surface area (Å²) >= 11 is 0. The van der Waals surface area contributed by atoms with Crippen molar-refractivity contribution in [2.45, 2.75) is 51.9 Å². The van der Waals surface area contributed by atoms with Crippen LogP contribution < -0.4 is 0 Å². The van der Waals surface area contributed by atoms with Crippen LogP contribution in [-0.2, 0) is 6.42 Å². The molecule has 1 aliphatic rings. The van der Waals surface area contributed by atoms with Gasteiger partial charge in [-0.3, -0.25) is 9.97 Å². The third-order valence-electron chi connectivity index (χ3n) is 5.91. The molecule has 2 aromatic heterocycles. The molecule has 0 atom stereocenters. The molecule has 1 aromatic carbocycles. The molecule has 138 valence electrons. The highest BCUT2D eigenvalue weighted by molar-refractivity contribution is 5.62. The number of aryl methyl sites for hydroxylation is 1. The number of pyridine rings is 2. The Balaban J connectivity index is 1.46. The van der Waals surface area contributed by atoms with Gasteiger partial charge in [0.1, 0.15) is 0 Å². The van der Waals surface area contributed by atoms with Crippen molar-refractivity contribution in [3.8, 4) is 11.1 Å². The second-order valence-corrected chi connectivity index (χ2v) is 8.10. The normalized spacial score (nSPS) is 19.8. The zero-order valence-corrected chi connectivity index (χ0v) is 16.4. The van der Waals surface area contributed by atoms with Crippen LogP contribution in [0.2, 0.25) is 0 Å². The first-order chi connectivity index (χ1) is 13.2. The van der Waals surface area contributed by atoms with Gasteiger partial charge in [-0.1, -0.05) is 50.1 Å². The zero-order valence-electron chi connectivity index (χ0n) is 16.4. The lowest BCUT2D eigenvalue weighted by Crippen LogP contribution is -2.10. The maximum atomic E-state index is 4.58. The maximum absolute atomic E-state index is 4.58. The first-order valence-electron chi connectivity index (χ1n) is 10.1. The first kappa shape index (κ1) is 17.9. The zero-order chi connectivity index (χ0) is 18.6. The molecule has 1 saturated carbocycles. The Bertz CT molecular complexity index is 873. The summed E-state index contributed by atoms with van der Waals surface area (Å²) in [5.74, 6) is 1.66. The van der Waals surface area contributed by atoms with E-state index in [9.17, 15) is 0 Å². The third kappa shape index (κ3) is 4.44. The second kappa shape index (κ2) is 8.04. The fraction of sp³-hybridized carbons (Fsp3) is 0.360. The van der Waals surface area contributed by atoms with Crippen LogP contribution in [0.15, 0.2) is 60.9 Å². The Hall–Kier alpha value is -2.48. The highest BCUT2D eigenvalue weighted by atomic mass is 14.7. The minimum absolute atomic E-state index is 0.755. The van der Waals surface area contributed by atoms with Crippen LogP contribution in [-0.4, -0.2) is 9.97 Å². The average Bonchev–Trinajstić information content (AvgIpc) is 2.70. The van der Waals surface area contributed by atoms with E-state index in [4.69, 9.17) is 0 Å². The summed E-state index contributed by atoms with van der Waals surface area (Å²) in [6.45, 7) is 4.40. The van der Waals surface area contributed by atoms with E-state index in [0.717, 1.165) is 35.2 Å². The Labute approximate surface area is 162 Å². The lowest BCUT2D eigenvalue weighted by atomic mass is 9.79. The number of hydrogen-bond donors (Lipinski definition) is 0. The average molecular weight is 357 g/mol. The number of benzene rings is 1. The molecule has 2 heterocycles. The Morgan fingerprint density at radius 3 is 2.33 bits per heavy atom.